The maximum absolute atomic E-state index is 13.5. The lowest BCUT2D eigenvalue weighted by molar-refractivity contribution is 0.0734. The summed E-state index contributed by atoms with van der Waals surface area (Å²) in [4.78, 5) is 45.9. The summed E-state index contributed by atoms with van der Waals surface area (Å²) in [6, 6.07) is 19.1. The molecule has 44 heavy (non-hydrogen) atoms. The fraction of sp³-hybridized carbons (Fsp3) is 0.333. The van der Waals surface area contributed by atoms with E-state index in [1.54, 1.807) is 54.6 Å². The van der Waals surface area contributed by atoms with Gasteiger partial charge in [0.15, 0.2) is 11.5 Å². The van der Waals surface area contributed by atoms with Crippen LogP contribution in [0.3, 0.4) is 0 Å². The second kappa shape index (κ2) is 13.9. The summed E-state index contributed by atoms with van der Waals surface area (Å²) in [7, 11) is 3.04. The lowest BCUT2D eigenvalue weighted by atomic mass is 10.1. The summed E-state index contributed by atoms with van der Waals surface area (Å²) in [5.74, 6) is 0.414. The van der Waals surface area contributed by atoms with Crippen molar-refractivity contribution in [2.24, 2.45) is 0 Å². The second-order valence-electron chi connectivity index (χ2n) is 10.6. The highest BCUT2D eigenvalue weighted by Crippen LogP contribution is 2.32. The lowest BCUT2D eigenvalue weighted by Gasteiger charge is -2.29. The van der Waals surface area contributed by atoms with E-state index in [4.69, 9.17) is 14.7 Å². The first-order valence-electron chi connectivity index (χ1n) is 14.6. The number of ether oxygens (including phenoxy) is 2. The van der Waals surface area contributed by atoms with Gasteiger partial charge in [-0.3, -0.25) is 14.4 Å². The van der Waals surface area contributed by atoms with E-state index >= 15 is 0 Å². The third-order valence-electron chi connectivity index (χ3n) is 7.93. The molecule has 2 aliphatic heterocycles. The number of methoxy groups -OCH3 is 2. The van der Waals surface area contributed by atoms with Gasteiger partial charge in [-0.15, -0.1) is 0 Å². The van der Waals surface area contributed by atoms with Crippen molar-refractivity contribution in [2.75, 3.05) is 76.8 Å². The first-order valence-corrected chi connectivity index (χ1v) is 14.6. The maximum atomic E-state index is 13.5. The fourth-order valence-corrected chi connectivity index (χ4v) is 5.50. The van der Waals surface area contributed by atoms with Crippen LogP contribution in [0.15, 0.2) is 60.7 Å². The van der Waals surface area contributed by atoms with Crippen LogP contribution in [0, 0.1) is 11.3 Å². The average molecular weight is 597 g/mol. The van der Waals surface area contributed by atoms with E-state index < -0.39 is 0 Å². The fourth-order valence-electron chi connectivity index (χ4n) is 5.50. The summed E-state index contributed by atoms with van der Waals surface area (Å²) < 4.78 is 10.7. The number of piperazine rings is 1. The smallest absolute Gasteiger partial charge is 0.255 e. The van der Waals surface area contributed by atoms with Crippen molar-refractivity contribution in [1.82, 2.24) is 15.1 Å². The Hall–Kier alpha value is -5.08. The van der Waals surface area contributed by atoms with Gasteiger partial charge < -0.3 is 34.8 Å². The van der Waals surface area contributed by atoms with Crippen LogP contribution in [0.4, 0.5) is 11.4 Å². The summed E-state index contributed by atoms with van der Waals surface area (Å²) in [6.45, 7) is 4.93. The van der Waals surface area contributed by atoms with E-state index in [0.29, 0.717) is 85.1 Å². The maximum Gasteiger partial charge on any atom is 0.255 e. The van der Waals surface area contributed by atoms with Crippen molar-refractivity contribution in [2.45, 2.75) is 6.42 Å². The lowest BCUT2D eigenvalue weighted by Crippen LogP contribution is -2.46. The van der Waals surface area contributed by atoms with Gasteiger partial charge in [0.25, 0.3) is 17.7 Å². The van der Waals surface area contributed by atoms with Gasteiger partial charge in [-0.25, -0.2) is 0 Å². The van der Waals surface area contributed by atoms with Gasteiger partial charge in [0, 0.05) is 69.0 Å². The van der Waals surface area contributed by atoms with Crippen molar-refractivity contribution in [3.8, 4) is 17.6 Å². The molecule has 0 spiro atoms. The first kappa shape index (κ1) is 30.4. The Morgan fingerprint density at radius 1 is 0.750 bits per heavy atom. The van der Waals surface area contributed by atoms with Crippen molar-refractivity contribution in [3.05, 3.63) is 82.9 Å². The molecule has 2 heterocycles. The zero-order valence-corrected chi connectivity index (χ0v) is 25.0. The van der Waals surface area contributed by atoms with Gasteiger partial charge in [-0.05, 0) is 67.1 Å². The minimum absolute atomic E-state index is 0.0877. The van der Waals surface area contributed by atoms with Crippen LogP contribution in [0.1, 0.15) is 43.1 Å². The third kappa shape index (κ3) is 6.76. The number of benzene rings is 3. The van der Waals surface area contributed by atoms with Crippen LogP contribution < -0.4 is 25.0 Å². The number of nitrogens with zero attached hydrogens (tertiary/aromatic N) is 4. The summed E-state index contributed by atoms with van der Waals surface area (Å²) in [5, 5.41) is 15.4. The minimum atomic E-state index is -0.355. The van der Waals surface area contributed by atoms with E-state index in [9.17, 15) is 14.4 Å². The van der Waals surface area contributed by atoms with Crippen LogP contribution in [0.2, 0.25) is 0 Å². The van der Waals surface area contributed by atoms with Crippen LogP contribution in [0.25, 0.3) is 0 Å². The van der Waals surface area contributed by atoms with Gasteiger partial charge >= 0.3 is 0 Å². The number of nitrogens with one attached hydrogen (secondary N) is 2. The molecule has 2 fully saturated rings. The Morgan fingerprint density at radius 3 is 2.11 bits per heavy atom. The first-order chi connectivity index (χ1) is 21.4. The molecule has 2 N–H and O–H groups in total. The molecule has 228 valence electrons. The number of hydrogen-bond donors (Lipinski definition) is 2. The molecule has 0 unspecified atom stereocenters. The van der Waals surface area contributed by atoms with Crippen molar-refractivity contribution in [1.29, 1.82) is 5.26 Å². The number of carbonyl (C=O) groups is 3. The number of nitriles is 1. The van der Waals surface area contributed by atoms with Gasteiger partial charge in [0.05, 0.1) is 37.2 Å². The van der Waals surface area contributed by atoms with Crippen LogP contribution in [-0.4, -0.2) is 94.1 Å². The molecule has 0 saturated carbocycles. The molecule has 0 aliphatic carbocycles. The SMILES string of the molecule is COc1ccc(C(=O)Nc2cc(C(=O)N3CCNCC3)ccc2N2CCCN(C(=O)c3ccc(C#N)cc3)CC2)cc1OC. The summed E-state index contributed by atoms with van der Waals surface area (Å²) in [6.07, 6.45) is 0.715. The summed E-state index contributed by atoms with van der Waals surface area (Å²) in [5.41, 5.74) is 3.19. The monoisotopic (exact) mass is 596 g/mol. The van der Waals surface area contributed by atoms with Gasteiger partial charge in [0.1, 0.15) is 0 Å². The van der Waals surface area contributed by atoms with Crippen molar-refractivity contribution >= 4 is 29.1 Å². The summed E-state index contributed by atoms with van der Waals surface area (Å²) >= 11 is 0. The topological polar surface area (TPSA) is 127 Å². The molecule has 0 bridgehead atoms. The molecule has 3 aromatic carbocycles. The van der Waals surface area contributed by atoms with E-state index in [1.807, 2.05) is 15.9 Å². The molecular weight excluding hydrogens is 560 g/mol. The molecule has 11 nitrogen and oxygen atoms in total. The average Bonchev–Trinajstić information content (AvgIpc) is 3.34. The van der Waals surface area contributed by atoms with Crippen LogP contribution >= 0.6 is 0 Å². The third-order valence-corrected chi connectivity index (χ3v) is 7.93. The van der Waals surface area contributed by atoms with Gasteiger partial charge in [-0.2, -0.15) is 5.26 Å². The normalized spacial score (nSPS) is 15.2. The molecule has 11 heteroatoms. The molecule has 5 rings (SSSR count). The number of rotatable bonds is 7. The predicted octanol–water partition coefficient (Wildman–Crippen LogP) is 3.23. The van der Waals surface area contributed by atoms with E-state index in [-0.39, 0.29) is 17.7 Å². The van der Waals surface area contributed by atoms with Gasteiger partial charge in [-0.1, -0.05) is 0 Å². The Labute approximate surface area is 256 Å². The zero-order chi connectivity index (χ0) is 31.1. The molecule has 0 aromatic heterocycles. The van der Waals surface area contributed by atoms with E-state index in [2.05, 4.69) is 21.6 Å². The highest BCUT2D eigenvalue weighted by Gasteiger charge is 2.25. The van der Waals surface area contributed by atoms with E-state index in [0.717, 1.165) is 18.8 Å². The predicted molar refractivity (Wildman–Crippen MR) is 167 cm³/mol. The van der Waals surface area contributed by atoms with Crippen molar-refractivity contribution < 1.29 is 23.9 Å². The highest BCUT2D eigenvalue weighted by molar-refractivity contribution is 6.07. The molecule has 2 aliphatic rings. The Bertz CT molecular complexity index is 1560. The molecule has 2 saturated heterocycles. The second-order valence-corrected chi connectivity index (χ2v) is 10.6. The van der Waals surface area contributed by atoms with E-state index in [1.165, 1.54) is 14.2 Å². The minimum Gasteiger partial charge on any atom is -0.493 e. The molecular formula is C33H36N6O5. The quantitative estimate of drug-likeness (QED) is 0.426. The molecule has 0 radical (unpaired) electrons. The van der Waals surface area contributed by atoms with Gasteiger partial charge in [0.2, 0.25) is 0 Å². The number of amides is 3. The molecule has 0 atom stereocenters. The Morgan fingerprint density at radius 2 is 1.41 bits per heavy atom. The Kier molecular flexibility index (Phi) is 9.62. The van der Waals surface area contributed by atoms with Crippen LogP contribution in [-0.2, 0) is 0 Å². The largest absolute Gasteiger partial charge is 0.493 e. The molecule has 3 amide bonds. The number of anilines is 2. The molecule has 3 aromatic rings. The Balaban J connectivity index is 1.40. The van der Waals surface area contributed by atoms with Crippen LogP contribution in [0.5, 0.6) is 11.5 Å². The van der Waals surface area contributed by atoms with Crippen molar-refractivity contribution in [3.63, 3.8) is 0 Å². The standard InChI is InChI=1S/C33H36N6O5/c1-43-29-11-9-25(21-30(29)44-2)31(40)36-27-20-26(33(42)39-16-12-35-13-17-39)8-10-28(27)37-14-3-15-38(19-18-37)32(41)24-6-4-23(22-34)5-7-24/h4-11,20-21,35H,3,12-19H2,1-2H3,(H,36,40). The number of hydrogen-bond acceptors (Lipinski definition) is 8. The zero-order valence-electron chi connectivity index (χ0n) is 25.0. The number of carbonyl (C=O) groups excluding carboxylic acids is 3. The highest BCUT2D eigenvalue weighted by atomic mass is 16.5.